The van der Waals surface area contributed by atoms with Gasteiger partial charge in [0.25, 0.3) is 0 Å². The van der Waals surface area contributed by atoms with E-state index >= 15 is 0 Å². The molecular weight excluding hydrogens is 172 g/mol. The van der Waals surface area contributed by atoms with Crippen LogP contribution in [0.2, 0.25) is 0 Å². The molecular formula is C12H24N2. The molecule has 0 aromatic rings. The third-order valence-electron chi connectivity index (χ3n) is 4.57. The highest BCUT2D eigenvalue weighted by molar-refractivity contribution is 5.02. The fourth-order valence-electron chi connectivity index (χ4n) is 3.47. The first-order valence-electron chi connectivity index (χ1n) is 6.14. The minimum absolute atomic E-state index is 0.366. The Bertz CT molecular complexity index is 204. The molecule has 2 nitrogen and oxygen atoms in total. The number of nitrogens with zero attached hydrogens (tertiary/aromatic N) is 1. The Hall–Kier alpha value is -0.0800. The molecule has 2 N–H and O–H groups in total. The highest BCUT2D eigenvalue weighted by Gasteiger charge is 2.45. The predicted octanol–water partition coefficient (Wildman–Crippen LogP) is 1.85. The first-order chi connectivity index (χ1) is 6.69. The zero-order valence-electron chi connectivity index (χ0n) is 9.63. The Morgan fingerprint density at radius 3 is 2.57 bits per heavy atom. The quantitative estimate of drug-likeness (QED) is 0.730. The van der Waals surface area contributed by atoms with Gasteiger partial charge >= 0.3 is 0 Å². The average Bonchev–Trinajstić information content (AvgIpc) is 2.73. The largest absolute Gasteiger partial charge is 0.329 e. The third-order valence-corrected chi connectivity index (χ3v) is 4.57. The van der Waals surface area contributed by atoms with Crippen molar-refractivity contribution in [1.29, 1.82) is 0 Å². The van der Waals surface area contributed by atoms with Gasteiger partial charge in [-0.05, 0) is 37.6 Å². The first kappa shape index (κ1) is 10.4. The molecule has 3 atom stereocenters. The summed E-state index contributed by atoms with van der Waals surface area (Å²) in [5, 5.41) is 0. The molecule has 2 rings (SSSR count). The topological polar surface area (TPSA) is 29.3 Å². The van der Waals surface area contributed by atoms with Gasteiger partial charge in [-0.25, -0.2) is 0 Å². The van der Waals surface area contributed by atoms with Crippen LogP contribution >= 0.6 is 0 Å². The third kappa shape index (κ3) is 1.49. The van der Waals surface area contributed by atoms with Crippen molar-refractivity contribution in [2.24, 2.45) is 17.6 Å². The van der Waals surface area contributed by atoms with Gasteiger partial charge in [-0.3, -0.25) is 4.90 Å². The van der Waals surface area contributed by atoms with E-state index in [2.05, 4.69) is 18.7 Å². The van der Waals surface area contributed by atoms with E-state index in [-0.39, 0.29) is 0 Å². The molecule has 0 spiro atoms. The molecule has 1 heterocycles. The van der Waals surface area contributed by atoms with Crippen molar-refractivity contribution in [2.45, 2.75) is 45.1 Å². The minimum Gasteiger partial charge on any atom is -0.329 e. The number of nitrogens with two attached hydrogens (primary N) is 1. The zero-order valence-corrected chi connectivity index (χ0v) is 9.63. The Balaban J connectivity index is 2.11. The van der Waals surface area contributed by atoms with Gasteiger partial charge in [0, 0.05) is 18.6 Å². The van der Waals surface area contributed by atoms with E-state index in [9.17, 15) is 0 Å². The van der Waals surface area contributed by atoms with Crippen LogP contribution in [0.3, 0.4) is 0 Å². The van der Waals surface area contributed by atoms with Crippen LogP contribution in [-0.2, 0) is 0 Å². The summed E-state index contributed by atoms with van der Waals surface area (Å²) in [7, 11) is 0. The van der Waals surface area contributed by atoms with Crippen LogP contribution in [0.15, 0.2) is 0 Å². The lowest BCUT2D eigenvalue weighted by Crippen LogP contribution is -2.54. The molecule has 0 amide bonds. The van der Waals surface area contributed by atoms with E-state index in [1.54, 1.807) is 0 Å². The van der Waals surface area contributed by atoms with E-state index in [1.807, 2.05) is 0 Å². The van der Waals surface area contributed by atoms with Crippen molar-refractivity contribution in [3.63, 3.8) is 0 Å². The van der Waals surface area contributed by atoms with Gasteiger partial charge < -0.3 is 5.73 Å². The second-order valence-corrected chi connectivity index (χ2v) is 5.44. The molecule has 14 heavy (non-hydrogen) atoms. The Kier molecular flexibility index (Phi) is 2.85. The number of likely N-dealkylation sites (tertiary alicyclic amines) is 1. The fourth-order valence-corrected chi connectivity index (χ4v) is 3.47. The summed E-state index contributed by atoms with van der Waals surface area (Å²) in [6, 6.07) is 0. The van der Waals surface area contributed by atoms with E-state index < -0.39 is 0 Å². The summed E-state index contributed by atoms with van der Waals surface area (Å²) in [6.07, 6.45) is 5.46. The lowest BCUT2D eigenvalue weighted by molar-refractivity contribution is 0.0861. The zero-order chi connectivity index (χ0) is 10.2. The second-order valence-electron chi connectivity index (χ2n) is 5.44. The number of hydrogen-bond acceptors (Lipinski definition) is 2. The van der Waals surface area contributed by atoms with E-state index in [4.69, 9.17) is 5.73 Å². The number of rotatable bonds is 2. The standard InChI is InChI=1S/C12H24N2/c1-10-5-7-14(8-10)12(9-13)6-3-4-11(12)2/h10-11H,3-9,13H2,1-2H3. The van der Waals surface area contributed by atoms with Gasteiger partial charge in [-0.1, -0.05) is 20.3 Å². The molecule has 0 aromatic heterocycles. The molecule has 82 valence electrons. The van der Waals surface area contributed by atoms with Crippen LogP contribution in [0.25, 0.3) is 0 Å². The van der Waals surface area contributed by atoms with Crippen LogP contribution in [0.4, 0.5) is 0 Å². The first-order valence-corrected chi connectivity index (χ1v) is 6.14. The molecule has 1 aliphatic heterocycles. The van der Waals surface area contributed by atoms with E-state index in [1.165, 1.54) is 38.8 Å². The van der Waals surface area contributed by atoms with Crippen LogP contribution < -0.4 is 5.73 Å². The lowest BCUT2D eigenvalue weighted by atomic mass is 9.86. The smallest absolute Gasteiger partial charge is 0.0357 e. The molecule has 1 aliphatic carbocycles. The molecule has 0 bridgehead atoms. The summed E-state index contributed by atoms with van der Waals surface area (Å²) in [6.45, 7) is 8.18. The Labute approximate surface area is 87.8 Å². The molecule has 2 heteroatoms. The number of hydrogen-bond donors (Lipinski definition) is 1. The fraction of sp³-hybridized carbons (Fsp3) is 1.00. The van der Waals surface area contributed by atoms with Crippen molar-refractivity contribution in [1.82, 2.24) is 4.90 Å². The van der Waals surface area contributed by atoms with Gasteiger partial charge in [0.2, 0.25) is 0 Å². The van der Waals surface area contributed by atoms with Gasteiger partial charge in [-0.2, -0.15) is 0 Å². The van der Waals surface area contributed by atoms with Gasteiger partial charge in [0.1, 0.15) is 0 Å². The lowest BCUT2D eigenvalue weighted by Gasteiger charge is -2.42. The van der Waals surface area contributed by atoms with E-state index in [0.29, 0.717) is 5.54 Å². The Morgan fingerprint density at radius 2 is 2.14 bits per heavy atom. The van der Waals surface area contributed by atoms with Crippen molar-refractivity contribution in [2.75, 3.05) is 19.6 Å². The van der Waals surface area contributed by atoms with E-state index in [0.717, 1.165) is 18.4 Å². The monoisotopic (exact) mass is 196 g/mol. The molecule has 1 saturated heterocycles. The molecule has 3 unspecified atom stereocenters. The van der Waals surface area contributed by atoms with Gasteiger partial charge in [0.05, 0.1) is 0 Å². The maximum atomic E-state index is 6.04. The molecule has 1 saturated carbocycles. The average molecular weight is 196 g/mol. The van der Waals surface area contributed by atoms with Crippen LogP contribution in [0, 0.1) is 11.8 Å². The van der Waals surface area contributed by atoms with Crippen molar-refractivity contribution >= 4 is 0 Å². The second kappa shape index (κ2) is 3.82. The summed E-state index contributed by atoms with van der Waals surface area (Å²) < 4.78 is 0. The van der Waals surface area contributed by atoms with Gasteiger partial charge in [-0.15, -0.1) is 0 Å². The van der Waals surface area contributed by atoms with Crippen LogP contribution in [0.5, 0.6) is 0 Å². The highest BCUT2D eigenvalue weighted by atomic mass is 15.2. The van der Waals surface area contributed by atoms with Crippen LogP contribution in [-0.4, -0.2) is 30.1 Å². The van der Waals surface area contributed by atoms with Crippen molar-refractivity contribution in [3.8, 4) is 0 Å². The van der Waals surface area contributed by atoms with Crippen molar-refractivity contribution in [3.05, 3.63) is 0 Å². The summed E-state index contributed by atoms with van der Waals surface area (Å²) in [5.41, 5.74) is 6.41. The van der Waals surface area contributed by atoms with Crippen LogP contribution in [0.1, 0.15) is 39.5 Å². The maximum absolute atomic E-state index is 6.04. The van der Waals surface area contributed by atoms with Gasteiger partial charge in [0.15, 0.2) is 0 Å². The molecule has 0 aromatic carbocycles. The predicted molar refractivity (Wildman–Crippen MR) is 60.2 cm³/mol. The summed E-state index contributed by atoms with van der Waals surface area (Å²) in [5.74, 6) is 1.68. The summed E-state index contributed by atoms with van der Waals surface area (Å²) in [4.78, 5) is 2.69. The normalized spacial score (nSPS) is 44.8. The molecule has 2 fully saturated rings. The molecule has 0 radical (unpaired) electrons. The molecule has 2 aliphatic rings. The maximum Gasteiger partial charge on any atom is 0.0357 e. The Morgan fingerprint density at radius 1 is 1.36 bits per heavy atom. The minimum atomic E-state index is 0.366. The summed E-state index contributed by atoms with van der Waals surface area (Å²) >= 11 is 0. The highest BCUT2D eigenvalue weighted by Crippen LogP contribution is 2.41. The van der Waals surface area contributed by atoms with Crippen molar-refractivity contribution < 1.29 is 0 Å². The SMILES string of the molecule is CC1CCN(C2(CN)CCCC2C)C1.